The predicted octanol–water partition coefficient (Wildman–Crippen LogP) is 3.91. The van der Waals surface area contributed by atoms with Crippen LogP contribution < -0.4 is 15.2 Å². The quantitative estimate of drug-likeness (QED) is 0.390. The lowest BCUT2D eigenvalue weighted by Gasteiger charge is -2.36. The van der Waals surface area contributed by atoms with Crippen LogP contribution in [0.5, 0.6) is 5.75 Å². The summed E-state index contributed by atoms with van der Waals surface area (Å²) in [6.07, 6.45) is 6.56. The molecule has 0 unspecified atom stereocenters. The van der Waals surface area contributed by atoms with Crippen LogP contribution in [0, 0.1) is 0 Å². The maximum absolute atomic E-state index is 13.8. The normalized spacial score (nSPS) is 20.6. The molecule has 2 aliphatic rings. The van der Waals surface area contributed by atoms with Crippen LogP contribution in [0.3, 0.4) is 0 Å². The van der Waals surface area contributed by atoms with Crippen LogP contribution in [0.25, 0.3) is 5.69 Å². The van der Waals surface area contributed by atoms with Crippen LogP contribution in [-0.4, -0.2) is 72.0 Å². The number of pyridine rings is 1. The first-order valence-electron chi connectivity index (χ1n) is 13.6. The summed E-state index contributed by atoms with van der Waals surface area (Å²) >= 11 is 6.19. The van der Waals surface area contributed by atoms with Crippen molar-refractivity contribution in [2.75, 3.05) is 31.1 Å². The molecule has 0 amide bonds. The van der Waals surface area contributed by atoms with Crippen LogP contribution >= 0.6 is 11.6 Å². The van der Waals surface area contributed by atoms with E-state index in [-0.39, 0.29) is 47.7 Å². The maximum atomic E-state index is 13.8. The van der Waals surface area contributed by atoms with E-state index >= 15 is 0 Å². The third-order valence-corrected chi connectivity index (χ3v) is 9.21. The number of benzene rings is 1. The minimum Gasteiger partial charge on any atom is -0.483 e. The van der Waals surface area contributed by atoms with Gasteiger partial charge in [0.2, 0.25) is 5.75 Å². The fourth-order valence-electron chi connectivity index (χ4n) is 5.20. The Morgan fingerprint density at radius 3 is 2.35 bits per heavy atom. The highest BCUT2D eigenvalue weighted by Gasteiger charge is 2.32. The second kappa shape index (κ2) is 12.3. The van der Waals surface area contributed by atoms with E-state index in [0.29, 0.717) is 29.5 Å². The average molecular weight is 588 g/mol. The van der Waals surface area contributed by atoms with E-state index in [1.807, 2.05) is 18.7 Å². The van der Waals surface area contributed by atoms with Gasteiger partial charge in [-0.3, -0.25) is 4.79 Å². The first kappa shape index (κ1) is 28.5. The Labute approximate surface area is 239 Å². The van der Waals surface area contributed by atoms with Gasteiger partial charge >= 0.3 is 5.56 Å². The van der Waals surface area contributed by atoms with Gasteiger partial charge in [-0.25, -0.2) is 13.4 Å². The van der Waals surface area contributed by atoms with Crippen LogP contribution in [0.2, 0.25) is 5.02 Å². The number of anilines is 1. The average Bonchev–Trinajstić information content (AvgIpc) is 2.95. The molecule has 214 valence electrons. The van der Waals surface area contributed by atoms with Gasteiger partial charge in [0.25, 0.3) is 10.0 Å². The molecule has 1 saturated heterocycles. The topological polar surface area (TPSA) is 107 Å². The summed E-state index contributed by atoms with van der Waals surface area (Å²) in [6, 6.07) is 11.8. The Morgan fingerprint density at radius 2 is 1.70 bits per heavy atom. The minimum absolute atomic E-state index is 0.0234. The zero-order valence-corrected chi connectivity index (χ0v) is 24.2. The molecule has 3 aromatic rings. The number of rotatable bonds is 8. The smallest absolute Gasteiger partial charge is 0.316 e. The van der Waals surface area contributed by atoms with Crippen molar-refractivity contribution in [3.05, 3.63) is 70.2 Å². The molecule has 0 atom stereocenters. The van der Waals surface area contributed by atoms with Gasteiger partial charge in [0.15, 0.2) is 5.03 Å². The number of hydrogen-bond donors (Lipinski definition) is 0. The largest absolute Gasteiger partial charge is 0.483 e. The highest BCUT2D eigenvalue weighted by molar-refractivity contribution is 7.89. The lowest BCUT2D eigenvalue weighted by atomic mass is 9.94. The van der Waals surface area contributed by atoms with Crippen LogP contribution in [0.4, 0.5) is 5.69 Å². The Balaban J connectivity index is 1.39. The summed E-state index contributed by atoms with van der Waals surface area (Å²) in [4.78, 5) is 19.8. The number of halogens is 1. The first-order chi connectivity index (χ1) is 19.2. The van der Waals surface area contributed by atoms with E-state index in [9.17, 15) is 13.2 Å². The van der Waals surface area contributed by atoms with Gasteiger partial charge in [0, 0.05) is 37.4 Å². The molecule has 40 heavy (non-hydrogen) atoms. The van der Waals surface area contributed by atoms with Crippen molar-refractivity contribution in [3.8, 4) is 11.4 Å². The van der Waals surface area contributed by atoms with Gasteiger partial charge in [-0.1, -0.05) is 23.7 Å². The van der Waals surface area contributed by atoms with Crippen molar-refractivity contribution in [3.63, 3.8) is 0 Å². The third kappa shape index (κ3) is 6.33. The highest BCUT2D eigenvalue weighted by Crippen LogP contribution is 2.31. The predicted molar refractivity (Wildman–Crippen MR) is 153 cm³/mol. The van der Waals surface area contributed by atoms with Crippen molar-refractivity contribution in [1.82, 2.24) is 19.1 Å². The van der Waals surface area contributed by atoms with Gasteiger partial charge in [-0.2, -0.15) is 14.1 Å². The summed E-state index contributed by atoms with van der Waals surface area (Å²) in [5.41, 5.74) is 0.705. The monoisotopic (exact) mass is 587 g/mol. The zero-order valence-electron chi connectivity index (χ0n) is 22.6. The SMILES string of the molecule is CC(C)O[C@H]1CC[C@@H](Oc2c(N3CCN(S(=O)(=O)c4ccccn4)CC3)cnn(-c3cccc(Cl)c3)c2=O)CC1. The summed E-state index contributed by atoms with van der Waals surface area (Å²) in [5.74, 6) is 0.212. The Morgan fingerprint density at radius 1 is 0.975 bits per heavy atom. The van der Waals surface area contributed by atoms with E-state index in [4.69, 9.17) is 21.1 Å². The van der Waals surface area contributed by atoms with E-state index in [2.05, 4.69) is 10.1 Å². The number of aromatic nitrogens is 3. The molecule has 10 nitrogen and oxygen atoms in total. The van der Waals surface area contributed by atoms with Crippen molar-refractivity contribution < 1.29 is 17.9 Å². The number of sulfonamides is 1. The van der Waals surface area contributed by atoms with Gasteiger partial charge in [-0.05, 0) is 69.9 Å². The Kier molecular flexibility index (Phi) is 8.74. The molecule has 0 spiro atoms. The molecule has 1 aliphatic heterocycles. The van der Waals surface area contributed by atoms with Crippen molar-refractivity contribution >= 4 is 27.3 Å². The first-order valence-corrected chi connectivity index (χ1v) is 15.4. The molecule has 2 aromatic heterocycles. The molecule has 0 bridgehead atoms. The molecule has 1 saturated carbocycles. The minimum atomic E-state index is -3.71. The third-order valence-electron chi connectivity index (χ3n) is 7.16. The summed E-state index contributed by atoms with van der Waals surface area (Å²) in [7, 11) is -3.71. The number of hydrogen-bond acceptors (Lipinski definition) is 8. The lowest BCUT2D eigenvalue weighted by Crippen LogP contribution is -2.49. The molecule has 3 heterocycles. The highest BCUT2D eigenvalue weighted by atomic mass is 35.5. The van der Waals surface area contributed by atoms with E-state index in [0.717, 1.165) is 25.7 Å². The molecule has 0 radical (unpaired) electrons. The molecule has 0 N–H and O–H groups in total. The summed E-state index contributed by atoms with van der Waals surface area (Å²) < 4.78 is 41.3. The zero-order chi connectivity index (χ0) is 28.3. The Hall–Kier alpha value is -2.99. The van der Waals surface area contributed by atoms with E-state index in [1.165, 1.54) is 21.3 Å². The molecular formula is C28H34ClN5O5S. The summed E-state index contributed by atoms with van der Waals surface area (Å²) in [5, 5.41) is 4.96. The van der Waals surface area contributed by atoms with Gasteiger partial charge in [0.1, 0.15) is 5.69 Å². The fourth-order valence-corrected chi connectivity index (χ4v) is 6.73. The standard InChI is InChI=1S/C28H34ClN5O5S/c1-20(2)38-23-9-11-24(12-10-23)39-27-25(19-31-34(28(27)35)22-7-5-6-21(29)18-22)32-14-16-33(17-15-32)40(36,37)26-8-3-4-13-30-26/h3-8,13,18-20,23-24H,9-12,14-17H2,1-2H3/t23-,24+. The van der Waals surface area contributed by atoms with Gasteiger partial charge < -0.3 is 14.4 Å². The fraction of sp³-hybridized carbons (Fsp3) is 0.464. The second-order valence-corrected chi connectivity index (χ2v) is 12.6. The number of nitrogens with zero attached hydrogens (tertiary/aromatic N) is 5. The van der Waals surface area contributed by atoms with Crippen LogP contribution in [-0.2, 0) is 14.8 Å². The molecule has 5 rings (SSSR count). The number of piperazine rings is 1. The van der Waals surface area contributed by atoms with Gasteiger partial charge in [-0.15, -0.1) is 0 Å². The van der Waals surface area contributed by atoms with Crippen LogP contribution in [0.15, 0.2) is 64.7 Å². The molecule has 1 aliphatic carbocycles. The molecule has 1 aromatic carbocycles. The van der Waals surface area contributed by atoms with Crippen LogP contribution in [0.1, 0.15) is 39.5 Å². The number of ether oxygens (including phenoxy) is 2. The molecule has 2 fully saturated rings. The van der Waals surface area contributed by atoms with Crippen molar-refractivity contribution in [2.24, 2.45) is 0 Å². The summed E-state index contributed by atoms with van der Waals surface area (Å²) in [6.45, 7) is 5.30. The Bertz CT molecular complexity index is 1470. The molecular weight excluding hydrogens is 554 g/mol. The van der Waals surface area contributed by atoms with Gasteiger partial charge in [0.05, 0.1) is 30.2 Å². The lowest BCUT2D eigenvalue weighted by molar-refractivity contribution is -0.0297. The van der Waals surface area contributed by atoms with Crippen molar-refractivity contribution in [1.29, 1.82) is 0 Å². The van der Waals surface area contributed by atoms with E-state index < -0.39 is 10.0 Å². The maximum Gasteiger partial charge on any atom is 0.316 e. The van der Waals surface area contributed by atoms with E-state index in [1.54, 1.807) is 42.6 Å². The molecule has 12 heteroatoms. The van der Waals surface area contributed by atoms with Crippen molar-refractivity contribution in [2.45, 2.75) is 62.9 Å². The second-order valence-electron chi connectivity index (χ2n) is 10.3.